The summed E-state index contributed by atoms with van der Waals surface area (Å²) in [6.45, 7) is 0. The summed E-state index contributed by atoms with van der Waals surface area (Å²) in [5.41, 5.74) is 5.98. The number of hydrogen-bond acceptors (Lipinski definition) is 5. The number of hydrogen-bond donors (Lipinski definition) is 2. The van der Waals surface area contributed by atoms with Gasteiger partial charge in [0.25, 0.3) is 5.91 Å². The van der Waals surface area contributed by atoms with Gasteiger partial charge in [-0.15, -0.1) is 0 Å². The Labute approximate surface area is 191 Å². The lowest BCUT2D eigenvalue weighted by atomic mass is 10.0. The van der Waals surface area contributed by atoms with Gasteiger partial charge in [0.1, 0.15) is 11.5 Å². The highest BCUT2D eigenvalue weighted by molar-refractivity contribution is 6.07. The average Bonchev–Trinajstić information content (AvgIpc) is 3.56. The molecule has 34 heavy (non-hydrogen) atoms. The van der Waals surface area contributed by atoms with Crippen LogP contribution in [0.1, 0.15) is 10.4 Å². The van der Waals surface area contributed by atoms with Crippen LogP contribution in [0.15, 0.2) is 73.8 Å². The van der Waals surface area contributed by atoms with Crippen molar-refractivity contribution in [3.05, 3.63) is 85.2 Å². The molecule has 0 spiro atoms. The summed E-state index contributed by atoms with van der Waals surface area (Å²) in [4.78, 5) is 24.1. The number of aromatic nitrogens is 7. The number of aryl methyl sites for hydroxylation is 1. The first kappa shape index (κ1) is 19.8. The molecular formula is C24H17FN8O. The molecule has 10 heteroatoms. The van der Waals surface area contributed by atoms with Crippen molar-refractivity contribution in [1.82, 2.24) is 34.3 Å². The highest BCUT2D eigenvalue weighted by atomic mass is 19.1. The van der Waals surface area contributed by atoms with Gasteiger partial charge in [-0.05, 0) is 23.8 Å². The van der Waals surface area contributed by atoms with Gasteiger partial charge in [0, 0.05) is 60.0 Å². The molecule has 9 nitrogen and oxygen atoms in total. The summed E-state index contributed by atoms with van der Waals surface area (Å²) in [6, 6.07) is 6.97. The van der Waals surface area contributed by atoms with Crippen molar-refractivity contribution < 1.29 is 9.18 Å². The molecule has 0 atom stereocenters. The van der Waals surface area contributed by atoms with Crippen LogP contribution < -0.4 is 5.32 Å². The number of amides is 1. The molecule has 0 saturated carbocycles. The number of rotatable bonds is 4. The number of carbonyl (C=O) groups excluding carboxylic acids is 1. The standard InChI is InChI=1S/C24H17FN8O/c1-32-13-16(8-29-32)21-12-30-33-3-2-14(5-22(21)33)20-11-28-23-19(20)4-15(7-27-23)24(34)31-18-6-17(25)9-26-10-18/h2-13H,1H3,(H,27,28)(H,31,34). The molecule has 166 valence electrons. The van der Waals surface area contributed by atoms with E-state index in [1.165, 1.54) is 18.5 Å². The number of halogens is 1. The van der Waals surface area contributed by atoms with Gasteiger partial charge < -0.3 is 10.3 Å². The summed E-state index contributed by atoms with van der Waals surface area (Å²) in [5.74, 6) is -0.931. The highest BCUT2D eigenvalue weighted by Crippen LogP contribution is 2.32. The second-order valence-corrected chi connectivity index (χ2v) is 7.87. The fourth-order valence-corrected chi connectivity index (χ4v) is 3.98. The Hall–Kier alpha value is -4.86. The fraction of sp³-hybridized carbons (Fsp3) is 0.0417. The van der Waals surface area contributed by atoms with Crippen LogP contribution in [0.2, 0.25) is 0 Å². The van der Waals surface area contributed by atoms with E-state index in [0.717, 1.165) is 39.4 Å². The number of nitrogens with zero attached hydrogens (tertiary/aromatic N) is 6. The smallest absolute Gasteiger partial charge is 0.257 e. The van der Waals surface area contributed by atoms with Crippen LogP contribution in [0.5, 0.6) is 0 Å². The number of anilines is 1. The summed E-state index contributed by atoms with van der Waals surface area (Å²) < 4.78 is 17.0. The third kappa shape index (κ3) is 3.37. The molecule has 6 rings (SSSR count). The summed E-state index contributed by atoms with van der Waals surface area (Å²) in [6.07, 6.45) is 13.3. The first-order valence-corrected chi connectivity index (χ1v) is 10.4. The van der Waals surface area contributed by atoms with E-state index in [-0.39, 0.29) is 5.69 Å². The molecule has 0 radical (unpaired) electrons. The Bertz CT molecular complexity index is 1700. The maximum absolute atomic E-state index is 13.4. The largest absolute Gasteiger partial charge is 0.346 e. The van der Waals surface area contributed by atoms with E-state index in [0.29, 0.717) is 11.2 Å². The molecule has 6 aromatic heterocycles. The number of pyridine rings is 3. The zero-order chi connectivity index (χ0) is 23.2. The number of nitrogens with one attached hydrogen (secondary N) is 2. The Morgan fingerprint density at radius 1 is 1.03 bits per heavy atom. The van der Waals surface area contributed by atoms with Crippen molar-refractivity contribution in [2.75, 3.05) is 5.32 Å². The molecule has 0 bridgehead atoms. The predicted molar refractivity (Wildman–Crippen MR) is 125 cm³/mol. The van der Waals surface area contributed by atoms with Gasteiger partial charge in [-0.3, -0.25) is 14.5 Å². The second kappa shape index (κ2) is 7.62. The maximum Gasteiger partial charge on any atom is 0.257 e. The predicted octanol–water partition coefficient (Wildman–Crippen LogP) is 4.06. The lowest BCUT2D eigenvalue weighted by Gasteiger charge is -2.06. The zero-order valence-corrected chi connectivity index (χ0v) is 17.9. The molecule has 1 amide bonds. The van der Waals surface area contributed by atoms with E-state index in [1.807, 2.05) is 48.5 Å². The SMILES string of the molecule is Cn1cc(-c2cnn3ccc(-c4c[nH]c5ncc(C(=O)Nc6cncc(F)c6)cc45)cc23)cn1. The summed E-state index contributed by atoms with van der Waals surface area (Å²) >= 11 is 0. The van der Waals surface area contributed by atoms with Crippen molar-refractivity contribution in [1.29, 1.82) is 0 Å². The third-order valence-electron chi connectivity index (χ3n) is 5.60. The Balaban J connectivity index is 1.40. The quantitative estimate of drug-likeness (QED) is 0.420. The van der Waals surface area contributed by atoms with Gasteiger partial charge in [-0.2, -0.15) is 10.2 Å². The van der Waals surface area contributed by atoms with Gasteiger partial charge in [0.05, 0.1) is 41.6 Å². The van der Waals surface area contributed by atoms with Gasteiger partial charge in [-0.25, -0.2) is 13.9 Å². The molecule has 0 aromatic carbocycles. The van der Waals surface area contributed by atoms with Crippen LogP contribution >= 0.6 is 0 Å². The van der Waals surface area contributed by atoms with Crippen molar-refractivity contribution in [3.8, 4) is 22.3 Å². The minimum Gasteiger partial charge on any atom is -0.346 e. The fourth-order valence-electron chi connectivity index (χ4n) is 3.98. The van der Waals surface area contributed by atoms with Crippen LogP contribution in [0.25, 0.3) is 38.8 Å². The molecule has 6 heterocycles. The zero-order valence-electron chi connectivity index (χ0n) is 17.9. The molecular weight excluding hydrogens is 435 g/mol. The molecule has 0 aliphatic rings. The van der Waals surface area contributed by atoms with E-state index < -0.39 is 11.7 Å². The van der Waals surface area contributed by atoms with E-state index in [2.05, 4.69) is 30.5 Å². The molecule has 0 unspecified atom stereocenters. The van der Waals surface area contributed by atoms with Crippen molar-refractivity contribution >= 4 is 28.1 Å². The van der Waals surface area contributed by atoms with Gasteiger partial charge in [-0.1, -0.05) is 0 Å². The van der Waals surface area contributed by atoms with E-state index >= 15 is 0 Å². The number of aromatic amines is 1. The van der Waals surface area contributed by atoms with Crippen molar-refractivity contribution in [3.63, 3.8) is 0 Å². The average molecular weight is 452 g/mol. The Morgan fingerprint density at radius 2 is 1.94 bits per heavy atom. The van der Waals surface area contributed by atoms with Crippen molar-refractivity contribution in [2.24, 2.45) is 7.05 Å². The van der Waals surface area contributed by atoms with Gasteiger partial charge >= 0.3 is 0 Å². The van der Waals surface area contributed by atoms with Crippen molar-refractivity contribution in [2.45, 2.75) is 0 Å². The third-order valence-corrected chi connectivity index (χ3v) is 5.60. The van der Waals surface area contributed by atoms with Gasteiger partial charge in [0.15, 0.2) is 0 Å². The molecule has 0 aliphatic heterocycles. The van der Waals surface area contributed by atoms with E-state index in [1.54, 1.807) is 16.9 Å². The normalized spacial score (nSPS) is 11.4. The first-order chi connectivity index (χ1) is 16.5. The summed E-state index contributed by atoms with van der Waals surface area (Å²) in [7, 11) is 1.87. The van der Waals surface area contributed by atoms with Gasteiger partial charge in [0.2, 0.25) is 0 Å². The van der Waals surface area contributed by atoms with Crippen LogP contribution in [0.3, 0.4) is 0 Å². The molecule has 0 saturated heterocycles. The lowest BCUT2D eigenvalue weighted by Crippen LogP contribution is -2.12. The Morgan fingerprint density at radius 3 is 2.76 bits per heavy atom. The number of H-pyrrole nitrogens is 1. The number of carbonyl (C=O) groups is 1. The lowest BCUT2D eigenvalue weighted by molar-refractivity contribution is 0.102. The highest BCUT2D eigenvalue weighted by Gasteiger charge is 2.15. The summed E-state index contributed by atoms with van der Waals surface area (Å²) in [5, 5.41) is 12.1. The van der Waals surface area contributed by atoms with Crippen LogP contribution in [-0.2, 0) is 7.05 Å². The van der Waals surface area contributed by atoms with Crippen LogP contribution in [0, 0.1) is 5.82 Å². The molecule has 0 fully saturated rings. The first-order valence-electron chi connectivity index (χ1n) is 10.4. The van der Waals surface area contributed by atoms with E-state index in [9.17, 15) is 9.18 Å². The molecule has 2 N–H and O–H groups in total. The monoisotopic (exact) mass is 452 g/mol. The molecule has 6 aromatic rings. The second-order valence-electron chi connectivity index (χ2n) is 7.87. The number of fused-ring (bicyclic) bond motifs is 2. The minimum absolute atomic E-state index is 0.272. The van der Waals surface area contributed by atoms with E-state index in [4.69, 9.17) is 0 Å². The van der Waals surface area contributed by atoms with Crippen LogP contribution in [0.4, 0.5) is 10.1 Å². The Kier molecular flexibility index (Phi) is 4.44. The minimum atomic E-state index is -0.528. The topological polar surface area (TPSA) is 106 Å². The maximum atomic E-state index is 13.4. The molecule has 0 aliphatic carbocycles. The van der Waals surface area contributed by atoms with Crippen LogP contribution in [-0.4, -0.2) is 40.3 Å².